The number of hydrogen-bond acceptors (Lipinski definition) is 4. The highest BCUT2D eigenvalue weighted by Gasteiger charge is 2.31. The predicted molar refractivity (Wildman–Crippen MR) is 63.4 cm³/mol. The fraction of sp³-hybridized carbons (Fsp3) is 0.273. The normalized spacial score (nSPS) is 11.6. The molecule has 0 amide bonds. The van der Waals surface area contributed by atoms with Crippen LogP contribution >= 0.6 is 11.3 Å². The van der Waals surface area contributed by atoms with Gasteiger partial charge in [0.05, 0.1) is 5.56 Å². The minimum absolute atomic E-state index is 0.0511. The largest absolute Gasteiger partial charge is 0.416 e. The Morgan fingerprint density at radius 1 is 1.21 bits per heavy atom. The van der Waals surface area contributed by atoms with Crippen LogP contribution in [0.3, 0.4) is 0 Å². The van der Waals surface area contributed by atoms with E-state index in [0.29, 0.717) is 11.2 Å². The van der Waals surface area contributed by atoms with Gasteiger partial charge in [-0.3, -0.25) is 0 Å². The van der Waals surface area contributed by atoms with E-state index in [-0.39, 0.29) is 12.1 Å². The van der Waals surface area contributed by atoms with Crippen LogP contribution in [-0.4, -0.2) is 10.2 Å². The van der Waals surface area contributed by atoms with Gasteiger partial charge < -0.3 is 5.32 Å². The molecule has 0 saturated heterocycles. The number of nitrogens with zero attached hydrogens (tertiary/aromatic N) is 2. The van der Waals surface area contributed by atoms with Crippen LogP contribution in [0.5, 0.6) is 0 Å². The Morgan fingerprint density at radius 3 is 2.53 bits per heavy atom. The average Bonchev–Trinajstić information content (AvgIpc) is 2.71. The lowest BCUT2D eigenvalue weighted by molar-refractivity contribution is -0.137. The molecule has 3 nitrogen and oxygen atoms in total. The van der Waals surface area contributed by atoms with Crippen molar-refractivity contribution < 1.29 is 17.6 Å². The molecule has 0 fully saturated rings. The van der Waals surface area contributed by atoms with Crippen molar-refractivity contribution in [2.24, 2.45) is 0 Å². The standard InChI is InChI=1S/C11H9F4N3S/c1-6-17-18-10(19-6)16-5-7-2-8(11(13,14)15)4-9(12)3-7/h2-4H,5H2,1H3,(H,16,18). The van der Waals surface area contributed by atoms with E-state index >= 15 is 0 Å². The van der Waals surface area contributed by atoms with Gasteiger partial charge in [-0.25, -0.2) is 4.39 Å². The molecule has 8 heteroatoms. The van der Waals surface area contributed by atoms with E-state index in [1.54, 1.807) is 6.92 Å². The fourth-order valence-electron chi connectivity index (χ4n) is 1.46. The van der Waals surface area contributed by atoms with Crippen LogP contribution in [0.25, 0.3) is 0 Å². The molecule has 0 aliphatic carbocycles. The number of alkyl halides is 3. The van der Waals surface area contributed by atoms with Crippen molar-refractivity contribution in [2.75, 3.05) is 5.32 Å². The molecule has 2 rings (SSSR count). The van der Waals surface area contributed by atoms with Crippen molar-refractivity contribution in [1.82, 2.24) is 10.2 Å². The van der Waals surface area contributed by atoms with Crippen LogP contribution in [-0.2, 0) is 12.7 Å². The second-order valence-corrected chi connectivity index (χ2v) is 5.01. The summed E-state index contributed by atoms with van der Waals surface area (Å²) < 4.78 is 50.7. The lowest BCUT2D eigenvalue weighted by atomic mass is 10.1. The van der Waals surface area contributed by atoms with E-state index in [0.717, 1.165) is 17.1 Å². The number of benzene rings is 1. The van der Waals surface area contributed by atoms with E-state index in [1.165, 1.54) is 11.3 Å². The van der Waals surface area contributed by atoms with E-state index in [2.05, 4.69) is 15.5 Å². The summed E-state index contributed by atoms with van der Waals surface area (Å²) in [5.41, 5.74) is -0.807. The Bertz CT molecular complexity index is 580. The summed E-state index contributed by atoms with van der Waals surface area (Å²) in [4.78, 5) is 0. The molecule has 0 aliphatic rings. The van der Waals surface area contributed by atoms with Gasteiger partial charge in [-0.15, -0.1) is 10.2 Å². The molecule has 1 aromatic heterocycles. The summed E-state index contributed by atoms with van der Waals surface area (Å²) in [6.45, 7) is 1.81. The second-order valence-electron chi connectivity index (χ2n) is 3.83. The molecule has 0 bridgehead atoms. The maximum absolute atomic E-state index is 13.1. The Morgan fingerprint density at radius 2 is 1.95 bits per heavy atom. The minimum atomic E-state index is -4.56. The van der Waals surface area contributed by atoms with Crippen LogP contribution < -0.4 is 5.32 Å². The molecule has 0 saturated carbocycles. The summed E-state index contributed by atoms with van der Waals surface area (Å²) >= 11 is 1.27. The SMILES string of the molecule is Cc1nnc(NCc2cc(F)cc(C(F)(F)F)c2)s1. The van der Waals surface area contributed by atoms with E-state index in [1.807, 2.05) is 0 Å². The highest BCUT2D eigenvalue weighted by atomic mass is 32.1. The number of rotatable bonds is 3. The molecule has 0 spiro atoms. The Balaban J connectivity index is 2.14. The monoisotopic (exact) mass is 291 g/mol. The first-order valence-electron chi connectivity index (χ1n) is 5.25. The minimum Gasteiger partial charge on any atom is -0.356 e. The lowest BCUT2D eigenvalue weighted by Crippen LogP contribution is -2.08. The molecular formula is C11H9F4N3S. The van der Waals surface area contributed by atoms with Gasteiger partial charge >= 0.3 is 6.18 Å². The smallest absolute Gasteiger partial charge is 0.356 e. The zero-order valence-electron chi connectivity index (χ0n) is 9.75. The van der Waals surface area contributed by atoms with Crippen LogP contribution in [0, 0.1) is 12.7 Å². The maximum atomic E-state index is 13.1. The molecule has 0 radical (unpaired) electrons. The number of aryl methyl sites for hydroxylation is 1. The topological polar surface area (TPSA) is 37.8 Å². The Hall–Kier alpha value is -1.70. The highest BCUT2D eigenvalue weighted by Crippen LogP contribution is 2.30. The van der Waals surface area contributed by atoms with Crippen LogP contribution in [0.2, 0.25) is 0 Å². The molecule has 1 heterocycles. The Kier molecular flexibility index (Phi) is 3.70. The predicted octanol–water partition coefficient (Wildman–Crippen LogP) is 3.62. The van der Waals surface area contributed by atoms with Crippen molar-refractivity contribution in [3.05, 3.63) is 40.2 Å². The number of anilines is 1. The van der Waals surface area contributed by atoms with Crippen LogP contribution in [0.4, 0.5) is 22.7 Å². The van der Waals surface area contributed by atoms with Gasteiger partial charge in [0, 0.05) is 6.54 Å². The molecular weight excluding hydrogens is 282 g/mol. The third-order valence-electron chi connectivity index (χ3n) is 2.25. The summed E-state index contributed by atoms with van der Waals surface area (Å²) in [6.07, 6.45) is -4.56. The van der Waals surface area contributed by atoms with Crippen molar-refractivity contribution >= 4 is 16.5 Å². The Labute approximate surface area is 110 Å². The third kappa shape index (κ3) is 3.63. The van der Waals surface area contributed by atoms with Gasteiger partial charge in [0.2, 0.25) is 5.13 Å². The van der Waals surface area contributed by atoms with Gasteiger partial charge in [-0.2, -0.15) is 13.2 Å². The van der Waals surface area contributed by atoms with E-state index < -0.39 is 17.6 Å². The molecule has 1 N–H and O–H groups in total. The highest BCUT2D eigenvalue weighted by molar-refractivity contribution is 7.15. The summed E-state index contributed by atoms with van der Waals surface area (Å²) in [6, 6.07) is 2.43. The van der Waals surface area contributed by atoms with Crippen molar-refractivity contribution in [3.63, 3.8) is 0 Å². The van der Waals surface area contributed by atoms with Gasteiger partial charge in [0.1, 0.15) is 10.8 Å². The maximum Gasteiger partial charge on any atom is 0.416 e. The van der Waals surface area contributed by atoms with Crippen molar-refractivity contribution in [3.8, 4) is 0 Å². The molecule has 2 aromatic rings. The quantitative estimate of drug-likeness (QED) is 0.878. The first-order chi connectivity index (χ1) is 8.84. The average molecular weight is 291 g/mol. The number of nitrogens with one attached hydrogen (secondary N) is 1. The number of halogens is 4. The van der Waals surface area contributed by atoms with Gasteiger partial charge in [-0.05, 0) is 30.7 Å². The van der Waals surface area contributed by atoms with Crippen LogP contribution in [0.1, 0.15) is 16.1 Å². The van der Waals surface area contributed by atoms with Gasteiger partial charge in [-0.1, -0.05) is 11.3 Å². The molecule has 0 unspecified atom stereocenters. The van der Waals surface area contributed by atoms with Gasteiger partial charge in [0.15, 0.2) is 0 Å². The molecule has 1 aromatic carbocycles. The van der Waals surface area contributed by atoms with Crippen LogP contribution in [0.15, 0.2) is 18.2 Å². The molecule has 19 heavy (non-hydrogen) atoms. The second kappa shape index (κ2) is 5.12. The third-order valence-corrected chi connectivity index (χ3v) is 3.05. The number of aromatic nitrogens is 2. The first-order valence-corrected chi connectivity index (χ1v) is 6.07. The summed E-state index contributed by atoms with van der Waals surface area (Å²) in [7, 11) is 0. The number of hydrogen-bond donors (Lipinski definition) is 1. The van der Waals surface area contributed by atoms with Gasteiger partial charge in [0.25, 0.3) is 0 Å². The van der Waals surface area contributed by atoms with E-state index in [9.17, 15) is 17.6 Å². The van der Waals surface area contributed by atoms with Crippen molar-refractivity contribution in [2.45, 2.75) is 19.6 Å². The molecule has 102 valence electrons. The van der Waals surface area contributed by atoms with Crippen molar-refractivity contribution in [1.29, 1.82) is 0 Å². The zero-order chi connectivity index (χ0) is 14.0. The zero-order valence-corrected chi connectivity index (χ0v) is 10.6. The lowest BCUT2D eigenvalue weighted by Gasteiger charge is -2.09. The summed E-state index contributed by atoms with van der Waals surface area (Å²) in [5.74, 6) is -0.917. The van der Waals surface area contributed by atoms with E-state index in [4.69, 9.17) is 0 Å². The molecule has 0 aliphatic heterocycles. The molecule has 0 atom stereocenters. The summed E-state index contributed by atoms with van der Waals surface area (Å²) in [5, 5.41) is 11.5. The fourth-order valence-corrected chi connectivity index (χ4v) is 2.05. The first kappa shape index (κ1) is 13.7.